The Labute approximate surface area is 139 Å². The SMILES string of the molecule is CN=C(NC)NCc1ccc(C)cc1OCC(C)C.I. The third kappa shape index (κ3) is 6.45. The molecule has 0 bridgehead atoms. The van der Waals surface area contributed by atoms with E-state index in [0.29, 0.717) is 12.5 Å². The summed E-state index contributed by atoms with van der Waals surface area (Å²) in [4.78, 5) is 4.10. The molecule has 0 unspecified atom stereocenters. The molecule has 1 aromatic rings. The van der Waals surface area contributed by atoms with E-state index in [0.717, 1.165) is 23.9 Å². The van der Waals surface area contributed by atoms with E-state index >= 15 is 0 Å². The molecule has 2 N–H and O–H groups in total. The Bertz CT molecular complexity index is 433. The zero-order chi connectivity index (χ0) is 14.3. The Morgan fingerprint density at radius 3 is 2.60 bits per heavy atom. The number of guanidine groups is 1. The van der Waals surface area contributed by atoms with Gasteiger partial charge < -0.3 is 15.4 Å². The topological polar surface area (TPSA) is 45.7 Å². The van der Waals surface area contributed by atoms with E-state index in [1.807, 2.05) is 7.05 Å². The standard InChI is InChI=1S/C15H25N3O.HI/c1-11(2)10-19-14-8-12(3)6-7-13(14)9-18-15(16-4)17-5;/h6-8,11H,9-10H2,1-5H3,(H2,16,17,18);1H. The fraction of sp³-hybridized carbons (Fsp3) is 0.533. The van der Waals surface area contributed by atoms with Crippen LogP contribution in [0.25, 0.3) is 0 Å². The van der Waals surface area contributed by atoms with Crippen molar-refractivity contribution in [2.24, 2.45) is 10.9 Å². The molecule has 0 saturated carbocycles. The van der Waals surface area contributed by atoms with Crippen molar-refractivity contribution in [3.63, 3.8) is 0 Å². The highest BCUT2D eigenvalue weighted by molar-refractivity contribution is 14.0. The number of nitrogens with one attached hydrogen (secondary N) is 2. The van der Waals surface area contributed by atoms with E-state index < -0.39 is 0 Å². The zero-order valence-corrected chi connectivity index (χ0v) is 15.3. The Kier molecular flexibility index (Phi) is 9.37. The Morgan fingerprint density at radius 1 is 1.35 bits per heavy atom. The van der Waals surface area contributed by atoms with E-state index in [9.17, 15) is 0 Å². The summed E-state index contributed by atoms with van der Waals surface area (Å²) in [7, 11) is 3.60. The number of hydrogen-bond acceptors (Lipinski definition) is 2. The fourth-order valence-electron chi connectivity index (χ4n) is 1.66. The molecule has 0 aliphatic carbocycles. The highest BCUT2D eigenvalue weighted by atomic mass is 127. The molecule has 0 aliphatic heterocycles. The maximum Gasteiger partial charge on any atom is 0.190 e. The lowest BCUT2D eigenvalue weighted by molar-refractivity contribution is 0.268. The molecular formula is C15H26IN3O. The molecule has 4 nitrogen and oxygen atoms in total. The van der Waals surface area contributed by atoms with E-state index in [1.54, 1.807) is 7.05 Å². The molecule has 0 spiro atoms. The highest BCUT2D eigenvalue weighted by Gasteiger charge is 2.06. The molecule has 0 fully saturated rings. The average molecular weight is 391 g/mol. The van der Waals surface area contributed by atoms with Gasteiger partial charge in [0, 0.05) is 26.2 Å². The van der Waals surface area contributed by atoms with Crippen LogP contribution in [0.3, 0.4) is 0 Å². The van der Waals surface area contributed by atoms with Gasteiger partial charge >= 0.3 is 0 Å². The second-order valence-corrected chi connectivity index (χ2v) is 4.99. The predicted molar refractivity (Wildman–Crippen MR) is 96.2 cm³/mol. The summed E-state index contributed by atoms with van der Waals surface area (Å²) in [5, 5.41) is 6.24. The summed E-state index contributed by atoms with van der Waals surface area (Å²) in [6.07, 6.45) is 0. The first-order chi connectivity index (χ1) is 9.06. The normalized spacial score (nSPS) is 11.0. The average Bonchev–Trinajstić information content (AvgIpc) is 2.39. The first-order valence-electron chi connectivity index (χ1n) is 6.67. The maximum atomic E-state index is 5.88. The van der Waals surface area contributed by atoms with Crippen molar-refractivity contribution >= 4 is 29.9 Å². The molecule has 0 radical (unpaired) electrons. The summed E-state index contributed by atoms with van der Waals surface area (Å²) >= 11 is 0. The van der Waals surface area contributed by atoms with Gasteiger partial charge in [0.25, 0.3) is 0 Å². The van der Waals surface area contributed by atoms with Crippen LogP contribution in [0.5, 0.6) is 5.75 Å². The van der Waals surface area contributed by atoms with Gasteiger partial charge in [0.2, 0.25) is 0 Å². The van der Waals surface area contributed by atoms with Gasteiger partial charge in [-0.15, -0.1) is 24.0 Å². The van der Waals surface area contributed by atoms with Crippen LogP contribution >= 0.6 is 24.0 Å². The summed E-state index contributed by atoms with van der Waals surface area (Å²) in [5.74, 6) is 2.24. The summed E-state index contributed by atoms with van der Waals surface area (Å²) in [5.41, 5.74) is 2.35. The van der Waals surface area contributed by atoms with Gasteiger partial charge in [-0.25, -0.2) is 0 Å². The molecule has 5 heteroatoms. The van der Waals surface area contributed by atoms with Gasteiger partial charge in [0.1, 0.15) is 5.75 Å². The van der Waals surface area contributed by atoms with Crippen LogP contribution in [-0.4, -0.2) is 26.7 Å². The first-order valence-corrected chi connectivity index (χ1v) is 6.67. The number of hydrogen-bond donors (Lipinski definition) is 2. The van der Waals surface area contributed by atoms with Gasteiger partial charge in [-0.3, -0.25) is 4.99 Å². The van der Waals surface area contributed by atoms with Crippen molar-refractivity contribution in [3.05, 3.63) is 29.3 Å². The van der Waals surface area contributed by atoms with E-state index in [-0.39, 0.29) is 24.0 Å². The minimum absolute atomic E-state index is 0. The zero-order valence-electron chi connectivity index (χ0n) is 13.0. The highest BCUT2D eigenvalue weighted by Crippen LogP contribution is 2.21. The molecule has 114 valence electrons. The fourth-order valence-corrected chi connectivity index (χ4v) is 1.66. The lowest BCUT2D eigenvalue weighted by atomic mass is 10.1. The van der Waals surface area contributed by atoms with Crippen LogP contribution in [-0.2, 0) is 6.54 Å². The number of nitrogens with zero attached hydrogens (tertiary/aromatic N) is 1. The summed E-state index contributed by atoms with van der Waals surface area (Å²) in [6, 6.07) is 6.28. The second kappa shape index (κ2) is 9.85. The minimum Gasteiger partial charge on any atom is -0.493 e. The third-order valence-electron chi connectivity index (χ3n) is 2.70. The third-order valence-corrected chi connectivity index (χ3v) is 2.70. The smallest absolute Gasteiger partial charge is 0.190 e. The molecule has 0 aromatic heterocycles. The summed E-state index contributed by atoms with van der Waals surface area (Å²) < 4.78 is 5.88. The number of aliphatic imine (C=N–C) groups is 1. The van der Waals surface area contributed by atoms with Gasteiger partial charge in [0.05, 0.1) is 6.61 Å². The van der Waals surface area contributed by atoms with E-state index in [1.165, 1.54) is 5.56 Å². The number of ether oxygens (including phenoxy) is 1. The minimum atomic E-state index is 0. The van der Waals surface area contributed by atoms with Crippen molar-refractivity contribution in [1.29, 1.82) is 0 Å². The van der Waals surface area contributed by atoms with Crippen molar-refractivity contribution in [3.8, 4) is 5.75 Å². The van der Waals surface area contributed by atoms with Crippen molar-refractivity contribution in [2.45, 2.75) is 27.3 Å². The van der Waals surface area contributed by atoms with Crippen LogP contribution in [0.1, 0.15) is 25.0 Å². The van der Waals surface area contributed by atoms with Crippen LogP contribution in [0.15, 0.2) is 23.2 Å². The van der Waals surface area contributed by atoms with Crippen LogP contribution < -0.4 is 15.4 Å². The number of halogens is 1. The number of aryl methyl sites for hydroxylation is 1. The number of benzene rings is 1. The molecule has 0 saturated heterocycles. The van der Waals surface area contributed by atoms with E-state index in [4.69, 9.17) is 4.74 Å². The Morgan fingerprint density at radius 2 is 2.05 bits per heavy atom. The molecule has 20 heavy (non-hydrogen) atoms. The molecular weight excluding hydrogens is 365 g/mol. The lowest BCUT2D eigenvalue weighted by Gasteiger charge is -2.15. The molecule has 0 aliphatic rings. The monoisotopic (exact) mass is 391 g/mol. The second-order valence-electron chi connectivity index (χ2n) is 4.99. The molecule has 1 aromatic carbocycles. The van der Waals surface area contributed by atoms with Gasteiger partial charge in [-0.1, -0.05) is 26.0 Å². The lowest BCUT2D eigenvalue weighted by Crippen LogP contribution is -2.34. The van der Waals surface area contributed by atoms with Crippen molar-refractivity contribution in [2.75, 3.05) is 20.7 Å². The van der Waals surface area contributed by atoms with Gasteiger partial charge in [-0.05, 0) is 24.5 Å². The number of rotatable bonds is 5. The van der Waals surface area contributed by atoms with Gasteiger partial charge in [0.15, 0.2) is 5.96 Å². The summed E-state index contributed by atoms with van der Waals surface area (Å²) in [6.45, 7) is 7.80. The van der Waals surface area contributed by atoms with Crippen molar-refractivity contribution < 1.29 is 4.74 Å². The predicted octanol–water partition coefficient (Wildman–Crippen LogP) is 2.94. The molecule has 0 amide bonds. The van der Waals surface area contributed by atoms with Gasteiger partial charge in [-0.2, -0.15) is 0 Å². The maximum absolute atomic E-state index is 5.88. The van der Waals surface area contributed by atoms with Crippen LogP contribution in [0, 0.1) is 12.8 Å². The van der Waals surface area contributed by atoms with Crippen molar-refractivity contribution in [1.82, 2.24) is 10.6 Å². The molecule has 0 heterocycles. The Balaban J connectivity index is 0.00000361. The van der Waals surface area contributed by atoms with E-state index in [2.05, 4.69) is 54.6 Å². The molecule has 1 rings (SSSR count). The quantitative estimate of drug-likeness (QED) is 0.461. The Hall–Kier alpha value is -0.980. The van der Waals surface area contributed by atoms with Crippen LogP contribution in [0.4, 0.5) is 0 Å². The van der Waals surface area contributed by atoms with Crippen LogP contribution in [0.2, 0.25) is 0 Å². The largest absolute Gasteiger partial charge is 0.493 e. The first kappa shape index (κ1) is 19.0. The molecule has 0 atom stereocenters.